The molecule has 1 aliphatic rings. The molecule has 0 radical (unpaired) electrons. The molecule has 11 nitrogen and oxygen atoms in total. The zero-order valence-electron chi connectivity index (χ0n) is 15.9. The third-order valence-corrected chi connectivity index (χ3v) is 4.51. The highest BCUT2D eigenvalue weighted by Crippen LogP contribution is 2.25. The number of carbonyl (C=O) groups excluding carboxylic acids is 1. The van der Waals surface area contributed by atoms with Crippen molar-refractivity contribution >= 4 is 29.2 Å². The Hall–Kier alpha value is -3.86. The maximum atomic E-state index is 12.2. The zero-order chi connectivity index (χ0) is 21.5. The molecule has 0 saturated carbocycles. The van der Waals surface area contributed by atoms with E-state index in [1.54, 1.807) is 12.1 Å². The standard InChI is InChI=1S/C19H19N5O6/c25-19(12-14-3-1-2-4-18(14)24(28)29)21-20-13-15-11-16(23(26)27)5-6-17(15)22-7-9-30-10-8-22/h1-6,11,13H,7-10,12H2,(H,21,25)/b20-13-. The van der Waals surface area contributed by atoms with Crippen molar-refractivity contribution in [3.8, 4) is 0 Å². The Balaban J connectivity index is 1.74. The van der Waals surface area contributed by atoms with Crippen molar-refractivity contribution in [3.63, 3.8) is 0 Å². The maximum absolute atomic E-state index is 12.2. The Kier molecular flexibility index (Phi) is 6.65. The Bertz CT molecular complexity index is 987. The molecule has 1 amide bonds. The summed E-state index contributed by atoms with van der Waals surface area (Å²) in [4.78, 5) is 35.3. The lowest BCUT2D eigenvalue weighted by molar-refractivity contribution is -0.385. The molecule has 0 bridgehead atoms. The first kappa shape index (κ1) is 20.9. The second-order valence-corrected chi connectivity index (χ2v) is 6.46. The molecule has 11 heteroatoms. The van der Waals surface area contributed by atoms with Crippen molar-refractivity contribution in [3.05, 3.63) is 73.8 Å². The van der Waals surface area contributed by atoms with Gasteiger partial charge in [0.2, 0.25) is 5.91 Å². The third-order valence-electron chi connectivity index (χ3n) is 4.51. The SMILES string of the molecule is O=C(Cc1ccccc1[N+](=O)[O-])N/N=C\c1cc([N+](=O)[O-])ccc1N1CCOCC1. The van der Waals surface area contributed by atoms with E-state index in [1.165, 1.54) is 36.5 Å². The largest absolute Gasteiger partial charge is 0.378 e. The van der Waals surface area contributed by atoms with Crippen LogP contribution in [0.25, 0.3) is 0 Å². The number of nitrogens with one attached hydrogen (secondary N) is 1. The average Bonchev–Trinajstić information content (AvgIpc) is 2.74. The Morgan fingerprint density at radius 2 is 1.87 bits per heavy atom. The van der Waals surface area contributed by atoms with E-state index in [4.69, 9.17) is 4.74 Å². The van der Waals surface area contributed by atoms with Gasteiger partial charge < -0.3 is 9.64 Å². The van der Waals surface area contributed by atoms with E-state index in [0.717, 1.165) is 5.69 Å². The maximum Gasteiger partial charge on any atom is 0.273 e. The predicted molar refractivity (Wildman–Crippen MR) is 109 cm³/mol. The lowest BCUT2D eigenvalue weighted by atomic mass is 10.1. The number of carbonyl (C=O) groups is 1. The molecule has 30 heavy (non-hydrogen) atoms. The van der Waals surface area contributed by atoms with E-state index in [1.807, 2.05) is 4.90 Å². The first-order chi connectivity index (χ1) is 14.5. The van der Waals surface area contributed by atoms with Gasteiger partial charge in [-0.05, 0) is 6.07 Å². The number of nitro groups is 2. The second-order valence-electron chi connectivity index (χ2n) is 6.46. The summed E-state index contributed by atoms with van der Waals surface area (Å²) in [5.74, 6) is -0.543. The van der Waals surface area contributed by atoms with Gasteiger partial charge in [0.15, 0.2) is 0 Å². The van der Waals surface area contributed by atoms with E-state index in [0.29, 0.717) is 31.9 Å². The van der Waals surface area contributed by atoms with Gasteiger partial charge in [0.1, 0.15) is 0 Å². The number of hydrazone groups is 1. The van der Waals surface area contributed by atoms with Gasteiger partial charge in [0, 0.05) is 48.1 Å². The number of hydrogen-bond acceptors (Lipinski definition) is 8. The minimum atomic E-state index is -0.552. The minimum absolute atomic E-state index is 0.0975. The number of hydrogen-bond donors (Lipinski definition) is 1. The van der Waals surface area contributed by atoms with Gasteiger partial charge in [-0.2, -0.15) is 5.10 Å². The van der Waals surface area contributed by atoms with Gasteiger partial charge in [-0.15, -0.1) is 0 Å². The number of morpholine rings is 1. The first-order valence-electron chi connectivity index (χ1n) is 9.11. The molecule has 1 saturated heterocycles. The van der Waals surface area contributed by atoms with E-state index < -0.39 is 15.8 Å². The van der Waals surface area contributed by atoms with E-state index in [-0.39, 0.29) is 23.4 Å². The number of rotatable bonds is 7. The van der Waals surface area contributed by atoms with Gasteiger partial charge >= 0.3 is 0 Å². The second kappa shape index (κ2) is 9.56. The Morgan fingerprint density at radius 3 is 2.57 bits per heavy atom. The van der Waals surface area contributed by atoms with Crippen molar-refractivity contribution in [2.75, 3.05) is 31.2 Å². The number of non-ortho nitro benzene ring substituents is 1. The topological polar surface area (TPSA) is 140 Å². The molecule has 1 heterocycles. The Labute approximate surface area is 171 Å². The van der Waals surface area contributed by atoms with Crippen LogP contribution in [0.15, 0.2) is 47.6 Å². The summed E-state index contributed by atoms with van der Waals surface area (Å²) in [7, 11) is 0. The molecule has 2 aromatic rings. The molecular weight excluding hydrogens is 394 g/mol. The molecule has 1 fully saturated rings. The van der Waals surface area contributed by atoms with E-state index in [9.17, 15) is 25.0 Å². The summed E-state index contributed by atoms with van der Waals surface area (Å²) in [6, 6.07) is 10.4. The Morgan fingerprint density at radius 1 is 1.13 bits per heavy atom. The quantitative estimate of drug-likeness (QED) is 0.416. The van der Waals surface area contributed by atoms with Gasteiger partial charge in [-0.1, -0.05) is 18.2 Å². The molecule has 156 valence electrons. The van der Waals surface area contributed by atoms with Crippen LogP contribution in [0.1, 0.15) is 11.1 Å². The van der Waals surface area contributed by atoms with Crippen molar-refractivity contribution in [1.82, 2.24) is 5.43 Å². The fourth-order valence-corrected chi connectivity index (χ4v) is 3.08. The smallest absolute Gasteiger partial charge is 0.273 e. The van der Waals surface area contributed by atoms with Crippen molar-refractivity contribution in [2.24, 2.45) is 5.10 Å². The summed E-state index contributed by atoms with van der Waals surface area (Å²) in [6.07, 6.45) is 1.11. The molecule has 0 unspecified atom stereocenters. The van der Waals surface area contributed by atoms with E-state index in [2.05, 4.69) is 10.5 Å². The van der Waals surface area contributed by atoms with Crippen LogP contribution < -0.4 is 10.3 Å². The van der Waals surface area contributed by atoms with Crippen LogP contribution in [-0.2, 0) is 16.0 Å². The zero-order valence-corrected chi connectivity index (χ0v) is 15.9. The molecule has 0 aliphatic carbocycles. The highest BCUT2D eigenvalue weighted by molar-refractivity contribution is 5.90. The highest BCUT2D eigenvalue weighted by atomic mass is 16.6. The average molecular weight is 413 g/mol. The van der Waals surface area contributed by atoms with Crippen molar-refractivity contribution < 1.29 is 19.4 Å². The number of nitro benzene ring substituents is 2. The number of ether oxygens (including phenoxy) is 1. The molecule has 1 N–H and O–H groups in total. The first-order valence-corrected chi connectivity index (χ1v) is 9.11. The van der Waals surface area contributed by atoms with Crippen LogP contribution in [0.4, 0.5) is 17.1 Å². The number of para-hydroxylation sites is 1. The monoisotopic (exact) mass is 413 g/mol. The number of amides is 1. The van der Waals surface area contributed by atoms with E-state index >= 15 is 0 Å². The molecule has 0 atom stereocenters. The highest BCUT2D eigenvalue weighted by Gasteiger charge is 2.18. The van der Waals surface area contributed by atoms with Gasteiger partial charge in [0.05, 0.1) is 35.7 Å². The molecule has 0 spiro atoms. The number of nitrogens with zero attached hydrogens (tertiary/aromatic N) is 4. The number of benzene rings is 2. The van der Waals surface area contributed by atoms with Crippen LogP contribution >= 0.6 is 0 Å². The summed E-state index contributed by atoms with van der Waals surface area (Å²) >= 11 is 0. The van der Waals surface area contributed by atoms with Crippen LogP contribution in [0.5, 0.6) is 0 Å². The summed E-state index contributed by atoms with van der Waals surface area (Å²) in [5, 5.41) is 26.1. The number of anilines is 1. The van der Waals surface area contributed by atoms with Gasteiger partial charge in [0.25, 0.3) is 11.4 Å². The summed E-state index contributed by atoms with van der Waals surface area (Å²) < 4.78 is 5.33. The van der Waals surface area contributed by atoms with Crippen LogP contribution in [0, 0.1) is 20.2 Å². The fourth-order valence-electron chi connectivity index (χ4n) is 3.08. The van der Waals surface area contributed by atoms with Gasteiger partial charge in [-0.25, -0.2) is 5.43 Å². The van der Waals surface area contributed by atoms with Crippen molar-refractivity contribution in [1.29, 1.82) is 0 Å². The normalized spacial score (nSPS) is 13.9. The molecule has 0 aromatic heterocycles. The molecule has 3 rings (SSSR count). The molecular formula is C19H19N5O6. The van der Waals surface area contributed by atoms with Gasteiger partial charge in [-0.3, -0.25) is 25.0 Å². The lowest BCUT2D eigenvalue weighted by Crippen LogP contribution is -2.36. The lowest BCUT2D eigenvalue weighted by Gasteiger charge is -2.29. The van der Waals surface area contributed by atoms with Crippen molar-refractivity contribution in [2.45, 2.75) is 6.42 Å². The summed E-state index contributed by atoms with van der Waals surface area (Å²) in [6.45, 7) is 2.34. The van der Waals surface area contributed by atoms with Crippen LogP contribution in [0.3, 0.4) is 0 Å². The molecule has 1 aliphatic heterocycles. The minimum Gasteiger partial charge on any atom is -0.378 e. The van der Waals surface area contributed by atoms with Crippen LogP contribution in [-0.4, -0.2) is 48.3 Å². The summed E-state index contributed by atoms with van der Waals surface area (Å²) in [5.41, 5.74) is 3.54. The molecule has 2 aromatic carbocycles. The predicted octanol–water partition coefficient (Wildman–Crippen LogP) is 2.03. The van der Waals surface area contributed by atoms with Crippen LogP contribution in [0.2, 0.25) is 0 Å². The fraction of sp³-hybridized carbons (Fsp3) is 0.263. The third kappa shape index (κ3) is 5.14.